The van der Waals surface area contributed by atoms with E-state index in [9.17, 15) is 5.11 Å². The van der Waals surface area contributed by atoms with Crippen LogP contribution in [0.3, 0.4) is 0 Å². The second-order valence-electron chi connectivity index (χ2n) is 8.95. The van der Waals surface area contributed by atoms with E-state index in [1.807, 2.05) is 49.6 Å². The third-order valence-electron chi connectivity index (χ3n) is 5.89. The van der Waals surface area contributed by atoms with E-state index in [0.29, 0.717) is 13.0 Å². The van der Waals surface area contributed by atoms with Crippen molar-refractivity contribution in [3.8, 4) is 11.5 Å². The Balaban J connectivity index is 0.000000206. The lowest BCUT2D eigenvalue weighted by Gasteiger charge is -2.11. The normalized spacial score (nSPS) is 11.4. The van der Waals surface area contributed by atoms with E-state index in [-0.39, 0.29) is 0 Å². The molecular formula is C30H40N4O3. The van der Waals surface area contributed by atoms with Gasteiger partial charge in [0.1, 0.15) is 11.5 Å². The molecule has 3 N–H and O–H groups in total. The van der Waals surface area contributed by atoms with Crippen molar-refractivity contribution < 1.29 is 14.6 Å². The van der Waals surface area contributed by atoms with Gasteiger partial charge in [0, 0.05) is 23.8 Å². The number of imidazole rings is 2. The van der Waals surface area contributed by atoms with Gasteiger partial charge in [-0.15, -0.1) is 0 Å². The highest BCUT2D eigenvalue weighted by Crippen LogP contribution is 2.21. The molecule has 0 amide bonds. The van der Waals surface area contributed by atoms with Gasteiger partial charge in [-0.3, -0.25) is 0 Å². The predicted octanol–water partition coefficient (Wildman–Crippen LogP) is 6.24. The minimum absolute atomic E-state index is 0.409. The zero-order valence-corrected chi connectivity index (χ0v) is 22.0. The second-order valence-corrected chi connectivity index (χ2v) is 8.95. The zero-order valence-electron chi connectivity index (χ0n) is 22.0. The van der Waals surface area contributed by atoms with Gasteiger partial charge in [-0.2, -0.15) is 0 Å². The summed E-state index contributed by atoms with van der Waals surface area (Å²) in [5.41, 5.74) is 4.55. The van der Waals surface area contributed by atoms with Gasteiger partial charge in [-0.05, 0) is 73.9 Å². The number of aromatic nitrogens is 4. The summed E-state index contributed by atoms with van der Waals surface area (Å²) in [5, 5.41) is 9.78. The van der Waals surface area contributed by atoms with Gasteiger partial charge < -0.3 is 24.5 Å². The molecule has 0 bridgehead atoms. The Bertz CT molecular complexity index is 1110. The average Bonchev–Trinajstić information content (AvgIpc) is 3.65. The molecule has 0 aliphatic heterocycles. The van der Waals surface area contributed by atoms with Crippen LogP contribution in [0.5, 0.6) is 11.5 Å². The molecular weight excluding hydrogens is 464 g/mol. The van der Waals surface area contributed by atoms with Crippen molar-refractivity contribution in [1.29, 1.82) is 0 Å². The summed E-state index contributed by atoms with van der Waals surface area (Å²) in [6.45, 7) is 5.56. The van der Waals surface area contributed by atoms with Crippen molar-refractivity contribution in [3.05, 3.63) is 96.1 Å². The molecule has 0 aliphatic rings. The van der Waals surface area contributed by atoms with Crippen LogP contribution in [-0.4, -0.2) is 38.3 Å². The minimum atomic E-state index is -0.409. The third-order valence-corrected chi connectivity index (χ3v) is 5.89. The van der Waals surface area contributed by atoms with Gasteiger partial charge in [0.05, 0.1) is 32.0 Å². The molecule has 4 aromatic rings. The second kappa shape index (κ2) is 16.2. The fourth-order valence-electron chi connectivity index (χ4n) is 3.87. The standard InChI is InChI=1S/C15H20N2O2.C15H20N2O/c1-2-15(18)12-5-3-7-14(9-12)19-8-4-6-13-10-16-11-17-13;1-2-5-13-6-3-8-15(10-13)18-9-4-7-14-11-16-12-17-14/h3,5,7,9-11,15,18H,2,4,6,8H2,1H3,(H,16,17);3,6,8,10-12H,2,4-5,7,9H2,1H3,(H,16,17). The number of ether oxygens (including phenoxy) is 2. The molecule has 2 heterocycles. The van der Waals surface area contributed by atoms with Crippen LogP contribution < -0.4 is 9.47 Å². The number of hydrogen-bond acceptors (Lipinski definition) is 5. The Hall–Kier alpha value is -3.58. The van der Waals surface area contributed by atoms with Crippen LogP contribution in [0.1, 0.15) is 68.1 Å². The van der Waals surface area contributed by atoms with Crippen molar-refractivity contribution in [2.24, 2.45) is 0 Å². The van der Waals surface area contributed by atoms with Crippen molar-refractivity contribution in [3.63, 3.8) is 0 Å². The van der Waals surface area contributed by atoms with Crippen LogP contribution in [-0.2, 0) is 19.3 Å². The van der Waals surface area contributed by atoms with E-state index in [0.717, 1.165) is 61.5 Å². The monoisotopic (exact) mass is 504 g/mol. The van der Waals surface area contributed by atoms with E-state index in [2.05, 4.69) is 45.1 Å². The number of aromatic amines is 2. The Kier molecular flexibility index (Phi) is 12.3. The summed E-state index contributed by atoms with van der Waals surface area (Å²) < 4.78 is 11.5. The molecule has 1 atom stereocenters. The smallest absolute Gasteiger partial charge is 0.119 e. The summed E-state index contributed by atoms with van der Waals surface area (Å²) in [6, 6.07) is 16.0. The van der Waals surface area contributed by atoms with E-state index in [1.165, 1.54) is 17.7 Å². The zero-order chi connectivity index (χ0) is 26.1. The number of H-pyrrole nitrogens is 2. The first-order valence-corrected chi connectivity index (χ1v) is 13.2. The number of aliphatic hydroxyl groups excluding tert-OH is 1. The SMILES string of the molecule is CCC(O)c1cccc(OCCCc2cnc[nH]2)c1.CCCc1cccc(OCCCc2cnc[nH]2)c1. The average molecular weight is 505 g/mol. The van der Waals surface area contributed by atoms with Crippen LogP contribution >= 0.6 is 0 Å². The molecule has 1 unspecified atom stereocenters. The number of aliphatic hydroxyl groups is 1. The first kappa shape index (κ1) is 28.0. The fraction of sp³-hybridized carbons (Fsp3) is 0.400. The van der Waals surface area contributed by atoms with Crippen molar-refractivity contribution >= 4 is 0 Å². The summed E-state index contributed by atoms with van der Waals surface area (Å²) in [5.74, 6) is 1.79. The Morgan fingerprint density at radius 3 is 1.92 bits per heavy atom. The molecule has 4 rings (SSSR count). The number of rotatable bonds is 14. The van der Waals surface area contributed by atoms with E-state index >= 15 is 0 Å². The van der Waals surface area contributed by atoms with Gasteiger partial charge in [-0.25, -0.2) is 9.97 Å². The molecule has 0 radical (unpaired) electrons. The lowest BCUT2D eigenvalue weighted by atomic mass is 10.1. The highest BCUT2D eigenvalue weighted by atomic mass is 16.5. The van der Waals surface area contributed by atoms with Gasteiger partial charge >= 0.3 is 0 Å². The molecule has 2 aromatic carbocycles. The lowest BCUT2D eigenvalue weighted by Crippen LogP contribution is -2.01. The minimum Gasteiger partial charge on any atom is -0.494 e. The van der Waals surface area contributed by atoms with Crippen molar-refractivity contribution in [1.82, 2.24) is 19.9 Å². The molecule has 7 nitrogen and oxygen atoms in total. The summed E-state index contributed by atoms with van der Waals surface area (Å²) in [4.78, 5) is 14.1. The maximum Gasteiger partial charge on any atom is 0.119 e. The maximum atomic E-state index is 9.78. The van der Waals surface area contributed by atoms with Crippen LogP contribution in [0.15, 0.2) is 73.6 Å². The molecule has 0 fully saturated rings. The molecule has 37 heavy (non-hydrogen) atoms. The molecule has 0 saturated heterocycles. The third kappa shape index (κ3) is 10.5. The van der Waals surface area contributed by atoms with E-state index in [1.54, 1.807) is 12.7 Å². The van der Waals surface area contributed by atoms with Crippen LogP contribution in [0.4, 0.5) is 0 Å². The molecule has 2 aromatic heterocycles. The fourth-order valence-corrected chi connectivity index (χ4v) is 3.87. The number of benzene rings is 2. The molecule has 198 valence electrons. The lowest BCUT2D eigenvalue weighted by molar-refractivity contribution is 0.173. The number of nitrogens with zero attached hydrogens (tertiary/aromatic N) is 2. The van der Waals surface area contributed by atoms with Gasteiger partial charge in [0.2, 0.25) is 0 Å². The van der Waals surface area contributed by atoms with Gasteiger partial charge in [0.15, 0.2) is 0 Å². The first-order chi connectivity index (χ1) is 18.2. The molecule has 0 saturated carbocycles. The van der Waals surface area contributed by atoms with Gasteiger partial charge in [0.25, 0.3) is 0 Å². The van der Waals surface area contributed by atoms with E-state index in [4.69, 9.17) is 9.47 Å². The quantitative estimate of drug-likeness (QED) is 0.177. The summed E-state index contributed by atoms with van der Waals surface area (Å²) in [7, 11) is 0. The van der Waals surface area contributed by atoms with Crippen LogP contribution in [0.25, 0.3) is 0 Å². The Morgan fingerprint density at radius 2 is 1.38 bits per heavy atom. The van der Waals surface area contributed by atoms with Gasteiger partial charge in [-0.1, -0.05) is 44.5 Å². The number of nitrogens with one attached hydrogen (secondary N) is 2. The summed E-state index contributed by atoms with van der Waals surface area (Å²) in [6.07, 6.45) is 13.5. The first-order valence-electron chi connectivity index (χ1n) is 13.2. The largest absolute Gasteiger partial charge is 0.494 e. The Morgan fingerprint density at radius 1 is 0.784 bits per heavy atom. The van der Waals surface area contributed by atoms with Crippen molar-refractivity contribution in [2.45, 2.75) is 64.9 Å². The number of hydrogen-bond donors (Lipinski definition) is 3. The highest BCUT2D eigenvalue weighted by Gasteiger charge is 2.05. The number of aryl methyl sites for hydroxylation is 3. The van der Waals surface area contributed by atoms with E-state index < -0.39 is 6.10 Å². The van der Waals surface area contributed by atoms with Crippen LogP contribution in [0, 0.1) is 0 Å². The summed E-state index contributed by atoms with van der Waals surface area (Å²) >= 11 is 0. The topological polar surface area (TPSA) is 96.1 Å². The predicted molar refractivity (Wildman–Crippen MR) is 147 cm³/mol. The van der Waals surface area contributed by atoms with Crippen molar-refractivity contribution in [2.75, 3.05) is 13.2 Å². The highest BCUT2D eigenvalue weighted by molar-refractivity contribution is 5.30. The molecule has 0 aliphatic carbocycles. The molecule has 0 spiro atoms. The van der Waals surface area contributed by atoms with Crippen LogP contribution in [0.2, 0.25) is 0 Å². The Labute approximate surface area is 220 Å². The molecule has 7 heteroatoms. The maximum absolute atomic E-state index is 9.78.